The average Bonchev–Trinajstić information content (AvgIpc) is 3.39. The number of aromatic nitrogens is 2. The Bertz CT molecular complexity index is 1290. The lowest BCUT2D eigenvalue weighted by atomic mass is 9.63. The minimum absolute atomic E-state index is 0.187. The van der Waals surface area contributed by atoms with Gasteiger partial charge in [0.25, 0.3) is 0 Å². The third-order valence-corrected chi connectivity index (χ3v) is 10.6. The number of hydrogen-bond acceptors (Lipinski definition) is 5. The lowest BCUT2D eigenvalue weighted by molar-refractivity contribution is -0.142. The largest absolute Gasteiger partial charge is 0.454 e. The number of carbonyl (C=O) groups is 1. The highest BCUT2D eigenvalue weighted by Gasteiger charge is 2.74. The summed E-state index contributed by atoms with van der Waals surface area (Å²) in [7, 11) is 0. The van der Waals surface area contributed by atoms with Crippen LogP contribution in [0.3, 0.4) is 0 Å². The van der Waals surface area contributed by atoms with E-state index >= 15 is 0 Å². The molecule has 0 N–H and O–H groups in total. The van der Waals surface area contributed by atoms with Gasteiger partial charge in [0.2, 0.25) is 12.7 Å². The van der Waals surface area contributed by atoms with Gasteiger partial charge in [-0.15, -0.1) is 0 Å². The van der Waals surface area contributed by atoms with Crippen LogP contribution in [0.25, 0.3) is 11.0 Å². The Kier molecular flexibility index (Phi) is 3.62. The predicted molar refractivity (Wildman–Crippen MR) is 129 cm³/mol. The van der Waals surface area contributed by atoms with E-state index in [1.54, 1.807) is 0 Å². The lowest BCUT2D eigenvalue weighted by Crippen LogP contribution is -2.54. The first-order chi connectivity index (χ1) is 15.9. The van der Waals surface area contributed by atoms with Gasteiger partial charge in [-0.2, -0.15) is 0 Å². The maximum atomic E-state index is 14.8. The minimum atomic E-state index is -0.632. The normalized spacial score (nSPS) is 37.9. The molecule has 1 saturated heterocycles. The van der Waals surface area contributed by atoms with Gasteiger partial charge in [-0.25, -0.2) is 9.97 Å². The van der Waals surface area contributed by atoms with E-state index in [2.05, 4.69) is 46.4 Å². The van der Waals surface area contributed by atoms with E-state index in [0.717, 1.165) is 60.4 Å². The molecule has 2 aliphatic heterocycles. The molecule has 1 amide bonds. The number of benzene rings is 1. The van der Waals surface area contributed by atoms with Crippen molar-refractivity contribution in [3.05, 3.63) is 23.5 Å². The van der Waals surface area contributed by atoms with Crippen molar-refractivity contribution in [2.45, 2.75) is 90.5 Å². The van der Waals surface area contributed by atoms with Gasteiger partial charge < -0.3 is 14.4 Å². The van der Waals surface area contributed by atoms with Gasteiger partial charge in [-0.05, 0) is 48.3 Å². The summed E-state index contributed by atoms with van der Waals surface area (Å²) in [5.41, 5.74) is 2.93. The Morgan fingerprint density at radius 1 is 0.941 bits per heavy atom. The second-order valence-corrected chi connectivity index (χ2v) is 13.6. The molecule has 7 rings (SSSR count). The molecule has 3 fully saturated rings. The zero-order valence-corrected chi connectivity index (χ0v) is 21.2. The van der Waals surface area contributed by atoms with E-state index in [0.29, 0.717) is 17.7 Å². The number of nitrogens with zero attached hydrogens (tertiary/aromatic N) is 3. The molecular formula is C28H35N3O3. The van der Waals surface area contributed by atoms with Crippen LogP contribution in [-0.4, -0.2) is 40.2 Å². The molecule has 4 atom stereocenters. The SMILES string of the molecule is CC1(C)CC2CC(C)(CN2C(=O)C23CCC(C)(c4nc5cc6c(cc5nc42)OCO6)C3(C)C)C1. The fourth-order valence-electron chi connectivity index (χ4n) is 8.91. The number of ether oxygens (including phenoxy) is 2. The Morgan fingerprint density at radius 2 is 1.59 bits per heavy atom. The van der Waals surface area contributed by atoms with Crippen LogP contribution in [0.1, 0.15) is 85.0 Å². The van der Waals surface area contributed by atoms with Crippen molar-refractivity contribution in [3.8, 4) is 11.5 Å². The summed E-state index contributed by atoms with van der Waals surface area (Å²) in [5, 5.41) is 0. The molecule has 180 valence electrons. The molecule has 4 unspecified atom stereocenters. The van der Waals surface area contributed by atoms with Crippen molar-refractivity contribution >= 4 is 16.9 Å². The second kappa shape index (κ2) is 5.88. The number of hydrogen-bond donors (Lipinski definition) is 0. The summed E-state index contributed by atoms with van der Waals surface area (Å²) in [6.45, 7) is 15.1. The van der Waals surface area contributed by atoms with E-state index in [4.69, 9.17) is 19.4 Å². The average molecular weight is 462 g/mol. The molecule has 2 saturated carbocycles. The van der Waals surface area contributed by atoms with Crippen molar-refractivity contribution in [2.75, 3.05) is 13.3 Å². The number of fused-ring (bicyclic) bond motifs is 9. The highest BCUT2D eigenvalue weighted by Crippen LogP contribution is 2.71. The van der Waals surface area contributed by atoms with E-state index in [1.165, 1.54) is 6.42 Å². The number of carbonyl (C=O) groups excluding carboxylic acids is 1. The standard InChI is InChI=1S/C28H35N3O3/c1-24(2)11-16-12-26(5,13-24)14-31(16)23(32)28-8-7-27(6,25(28,3)4)21-22(28)30-18-10-20-19(33-15-34-20)9-17(18)29-21/h9-10,16H,7-8,11-15H2,1-6H3. The molecule has 1 aromatic carbocycles. The van der Waals surface area contributed by atoms with Gasteiger partial charge in [-0.3, -0.25) is 4.79 Å². The van der Waals surface area contributed by atoms with Crippen molar-refractivity contribution in [1.82, 2.24) is 14.9 Å². The summed E-state index contributed by atoms with van der Waals surface area (Å²) in [5.74, 6) is 1.72. The molecule has 6 heteroatoms. The van der Waals surface area contributed by atoms with Crippen molar-refractivity contribution in [3.63, 3.8) is 0 Å². The Morgan fingerprint density at radius 3 is 2.26 bits per heavy atom. The van der Waals surface area contributed by atoms with Gasteiger partial charge >= 0.3 is 0 Å². The van der Waals surface area contributed by atoms with E-state index in [9.17, 15) is 4.79 Å². The quantitative estimate of drug-likeness (QED) is 0.590. The molecule has 2 aromatic rings. The topological polar surface area (TPSA) is 64.6 Å². The minimum Gasteiger partial charge on any atom is -0.454 e. The molecule has 34 heavy (non-hydrogen) atoms. The fraction of sp³-hybridized carbons (Fsp3) is 0.679. The Labute approximate surface area is 201 Å². The Hall–Kier alpha value is -2.37. The highest BCUT2D eigenvalue weighted by atomic mass is 16.7. The van der Waals surface area contributed by atoms with Gasteiger partial charge in [0.1, 0.15) is 0 Å². The van der Waals surface area contributed by atoms with Gasteiger partial charge in [-0.1, -0.05) is 41.5 Å². The third kappa shape index (κ3) is 2.26. The first-order valence-electron chi connectivity index (χ1n) is 12.8. The molecule has 1 aromatic heterocycles. The molecule has 0 radical (unpaired) electrons. The summed E-state index contributed by atoms with van der Waals surface area (Å²) < 4.78 is 11.2. The first-order valence-corrected chi connectivity index (χ1v) is 12.8. The maximum Gasteiger partial charge on any atom is 0.235 e. The van der Waals surface area contributed by atoms with Crippen LogP contribution >= 0.6 is 0 Å². The van der Waals surface area contributed by atoms with E-state index in [-0.39, 0.29) is 28.5 Å². The van der Waals surface area contributed by atoms with Crippen molar-refractivity contribution < 1.29 is 14.3 Å². The van der Waals surface area contributed by atoms with Gasteiger partial charge in [0.05, 0.1) is 27.8 Å². The zero-order chi connectivity index (χ0) is 23.9. The van der Waals surface area contributed by atoms with Crippen LogP contribution in [0.2, 0.25) is 0 Å². The van der Waals surface area contributed by atoms with Crippen LogP contribution in [0.15, 0.2) is 12.1 Å². The fourth-order valence-corrected chi connectivity index (χ4v) is 8.91. The molecule has 5 aliphatic rings. The van der Waals surface area contributed by atoms with E-state index in [1.807, 2.05) is 12.1 Å². The summed E-state index contributed by atoms with van der Waals surface area (Å²) in [4.78, 5) is 27.4. The van der Waals surface area contributed by atoms with Crippen LogP contribution in [-0.2, 0) is 15.6 Å². The number of amides is 1. The monoisotopic (exact) mass is 461 g/mol. The third-order valence-electron chi connectivity index (χ3n) is 10.6. The number of likely N-dealkylation sites (tertiary alicyclic amines) is 1. The molecule has 6 nitrogen and oxygen atoms in total. The van der Waals surface area contributed by atoms with E-state index < -0.39 is 5.41 Å². The molecule has 3 aliphatic carbocycles. The van der Waals surface area contributed by atoms with Gasteiger partial charge in [0.15, 0.2) is 11.5 Å². The molecular weight excluding hydrogens is 426 g/mol. The lowest BCUT2D eigenvalue weighted by Gasteiger charge is -2.43. The van der Waals surface area contributed by atoms with Crippen molar-refractivity contribution in [1.29, 1.82) is 0 Å². The Balaban J connectivity index is 1.40. The summed E-state index contributed by atoms with van der Waals surface area (Å²) in [6, 6.07) is 4.19. The highest BCUT2D eigenvalue weighted by molar-refractivity contribution is 5.93. The maximum absolute atomic E-state index is 14.8. The van der Waals surface area contributed by atoms with Crippen LogP contribution < -0.4 is 9.47 Å². The summed E-state index contributed by atoms with van der Waals surface area (Å²) in [6.07, 6.45) is 5.20. The second-order valence-electron chi connectivity index (χ2n) is 13.6. The number of rotatable bonds is 1. The first kappa shape index (κ1) is 21.0. The summed E-state index contributed by atoms with van der Waals surface area (Å²) >= 11 is 0. The van der Waals surface area contributed by atoms with Crippen molar-refractivity contribution in [2.24, 2.45) is 16.2 Å². The van der Waals surface area contributed by atoms with Crippen LogP contribution in [0, 0.1) is 16.2 Å². The van der Waals surface area contributed by atoms with Gasteiger partial charge in [0, 0.05) is 30.1 Å². The zero-order valence-electron chi connectivity index (χ0n) is 21.2. The molecule has 0 spiro atoms. The van der Waals surface area contributed by atoms with Crippen LogP contribution in [0.4, 0.5) is 0 Å². The smallest absolute Gasteiger partial charge is 0.235 e. The predicted octanol–water partition coefficient (Wildman–Crippen LogP) is 5.11. The molecule has 4 bridgehead atoms. The van der Waals surface area contributed by atoms with Crippen LogP contribution in [0.5, 0.6) is 11.5 Å². The molecule has 3 heterocycles.